The lowest BCUT2D eigenvalue weighted by Crippen LogP contribution is -2.43. The molecule has 0 fully saturated rings. The van der Waals surface area contributed by atoms with Crippen molar-refractivity contribution in [1.29, 1.82) is 0 Å². The van der Waals surface area contributed by atoms with Crippen LogP contribution in [0.3, 0.4) is 0 Å². The van der Waals surface area contributed by atoms with Gasteiger partial charge in [-0.2, -0.15) is 0 Å². The highest BCUT2D eigenvalue weighted by molar-refractivity contribution is 14.1. The van der Waals surface area contributed by atoms with Crippen LogP contribution in [0.2, 0.25) is 0 Å². The quantitative estimate of drug-likeness (QED) is 0.739. The minimum Gasteiger partial charge on any atom is -0.480 e. The number of hydrogen-bond donors (Lipinski definition) is 1. The van der Waals surface area contributed by atoms with Crippen molar-refractivity contribution in [3.05, 3.63) is 58.2 Å². The molecule has 0 saturated carbocycles. The van der Waals surface area contributed by atoms with Gasteiger partial charge in [0.05, 0.1) is 10.6 Å². The minimum atomic E-state index is -3.97. The zero-order valence-electron chi connectivity index (χ0n) is 11.7. The molecule has 2 aromatic rings. The van der Waals surface area contributed by atoms with Gasteiger partial charge in [-0.3, -0.25) is 4.31 Å². The highest BCUT2D eigenvalue weighted by atomic mass is 127. The maximum absolute atomic E-state index is 12.9. The molecule has 2 aromatic carbocycles. The van der Waals surface area contributed by atoms with Crippen molar-refractivity contribution >= 4 is 44.3 Å². The molecule has 0 aliphatic carbocycles. The Bertz CT molecular complexity index is 777. The third-order valence-corrected chi connectivity index (χ3v) is 5.91. The number of carboxylic acid groups (broad SMARTS) is 1. The fourth-order valence-electron chi connectivity index (χ4n) is 1.98. The normalized spacial score (nSPS) is 12.6. The van der Waals surface area contributed by atoms with Gasteiger partial charge in [0, 0.05) is 3.57 Å². The highest BCUT2D eigenvalue weighted by Gasteiger charge is 2.34. The van der Waals surface area contributed by atoms with Crippen LogP contribution in [0.4, 0.5) is 5.69 Å². The van der Waals surface area contributed by atoms with Gasteiger partial charge in [0.15, 0.2) is 0 Å². The summed E-state index contributed by atoms with van der Waals surface area (Å²) >= 11 is 1.99. The molecule has 0 amide bonds. The molecule has 116 valence electrons. The summed E-state index contributed by atoms with van der Waals surface area (Å²) in [5.41, 5.74) is 0.349. The van der Waals surface area contributed by atoms with E-state index in [4.69, 9.17) is 0 Å². The number of carbonyl (C=O) groups is 1. The molecule has 0 aliphatic rings. The molecule has 5 nitrogen and oxygen atoms in total. The predicted molar refractivity (Wildman–Crippen MR) is 92.4 cm³/mol. The Balaban J connectivity index is 2.65. The fraction of sp³-hybridized carbons (Fsp3) is 0.133. The standard InChI is InChI=1S/C15H14INO4S/c1-11(15(18)19)17(14-10-6-5-9-13(14)16)22(20,21)12-7-3-2-4-8-12/h2-11H,1H3,(H,18,19). The van der Waals surface area contributed by atoms with Crippen LogP contribution >= 0.6 is 22.6 Å². The number of para-hydroxylation sites is 1. The third kappa shape index (κ3) is 3.25. The van der Waals surface area contributed by atoms with Gasteiger partial charge in [-0.05, 0) is 53.8 Å². The summed E-state index contributed by atoms with van der Waals surface area (Å²) in [4.78, 5) is 11.5. The van der Waals surface area contributed by atoms with E-state index in [9.17, 15) is 18.3 Å². The molecule has 0 bridgehead atoms. The van der Waals surface area contributed by atoms with Gasteiger partial charge in [-0.1, -0.05) is 30.3 Å². The van der Waals surface area contributed by atoms with Crippen LogP contribution in [0.25, 0.3) is 0 Å². The van der Waals surface area contributed by atoms with Crippen LogP contribution < -0.4 is 4.31 Å². The van der Waals surface area contributed by atoms with Gasteiger partial charge in [0.2, 0.25) is 0 Å². The number of benzene rings is 2. The molecule has 0 aliphatic heterocycles. The first kappa shape index (κ1) is 16.8. The molecule has 0 saturated heterocycles. The van der Waals surface area contributed by atoms with Gasteiger partial charge in [0.1, 0.15) is 6.04 Å². The second-order valence-electron chi connectivity index (χ2n) is 4.58. The van der Waals surface area contributed by atoms with Crippen LogP contribution in [-0.4, -0.2) is 25.5 Å². The topological polar surface area (TPSA) is 74.7 Å². The number of rotatable bonds is 5. The summed E-state index contributed by atoms with van der Waals surface area (Å²) in [6.07, 6.45) is 0. The van der Waals surface area contributed by atoms with Gasteiger partial charge in [0.25, 0.3) is 10.0 Å². The van der Waals surface area contributed by atoms with E-state index in [2.05, 4.69) is 0 Å². The molecule has 1 N–H and O–H groups in total. The summed E-state index contributed by atoms with van der Waals surface area (Å²) in [5, 5.41) is 9.31. The molecule has 2 rings (SSSR count). The van der Waals surface area contributed by atoms with E-state index in [0.717, 1.165) is 4.31 Å². The Kier molecular flexibility index (Phi) is 5.07. The Morgan fingerprint density at radius 1 is 1.09 bits per heavy atom. The summed E-state index contributed by atoms with van der Waals surface area (Å²) in [6.45, 7) is 1.35. The second-order valence-corrected chi connectivity index (χ2v) is 7.56. The molecule has 0 aromatic heterocycles. The molecule has 0 radical (unpaired) electrons. The molecule has 1 atom stereocenters. The molecule has 1 unspecified atom stereocenters. The number of aliphatic carboxylic acids is 1. The summed E-state index contributed by atoms with van der Waals surface area (Å²) in [7, 11) is -3.97. The van der Waals surface area contributed by atoms with E-state index in [1.807, 2.05) is 22.6 Å². The zero-order chi connectivity index (χ0) is 16.3. The lowest BCUT2D eigenvalue weighted by atomic mass is 10.2. The van der Waals surface area contributed by atoms with E-state index in [1.165, 1.54) is 19.1 Å². The smallest absolute Gasteiger partial charge is 0.327 e. The Morgan fingerprint density at radius 3 is 2.18 bits per heavy atom. The van der Waals surface area contributed by atoms with Crippen LogP contribution in [-0.2, 0) is 14.8 Å². The number of halogens is 1. The molecule has 22 heavy (non-hydrogen) atoms. The summed E-state index contributed by atoms with van der Waals surface area (Å²) in [6, 6.07) is 13.4. The lowest BCUT2D eigenvalue weighted by Gasteiger charge is -2.28. The van der Waals surface area contributed by atoms with E-state index in [0.29, 0.717) is 9.26 Å². The lowest BCUT2D eigenvalue weighted by molar-refractivity contribution is -0.137. The van der Waals surface area contributed by atoms with Crippen molar-refractivity contribution in [1.82, 2.24) is 0 Å². The SMILES string of the molecule is CC(C(=O)O)N(c1ccccc1I)S(=O)(=O)c1ccccc1. The second kappa shape index (κ2) is 6.66. The molecule has 7 heteroatoms. The number of hydrogen-bond acceptors (Lipinski definition) is 3. The first-order valence-corrected chi connectivity index (χ1v) is 8.94. The molecular formula is C15H14INO4S. The van der Waals surface area contributed by atoms with Crippen LogP contribution in [0.1, 0.15) is 6.92 Å². The number of sulfonamides is 1. The fourth-order valence-corrected chi connectivity index (χ4v) is 4.45. The Hall–Kier alpha value is -1.61. The van der Waals surface area contributed by atoms with E-state index in [1.54, 1.807) is 42.5 Å². The van der Waals surface area contributed by atoms with Gasteiger partial charge in [-0.15, -0.1) is 0 Å². The molecule has 0 spiro atoms. The average Bonchev–Trinajstić information content (AvgIpc) is 2.50. The van der Waals surface area contributed by atoms with Gasteiger partial charge < -0.3 is 5.11 Å². The van der Waals surface area contributed by atoms with Crippen molar-refractivity contribution in [3.8, 4) is 0 Å². The highest BCUT2D eigenvalue weighted by Crippen LogP contribution is 2.30. The van der Waals surface area contributed by atoms with Crippen LogP contribution in [0, 0.1) is 3.57 Å². The zero-order valence-corrected chi connectivity index (χ0v) is 14.7. The van der Waals surface area contributed by atoms with Crippen LogP contribution in [0.5, 0.6) is 0 Å². The van der Waals surface area contributed by atoms with Crippen molar-refractivity contribution in [3.63, 3.8) is 0 Å². The average molecular weight is 431 g/mol. The predicted octanol–water partition coefficient (Wildman–Crippen LogP) is 2.96. The first-order valence-electron chi connectivity index (χ1n) is 6.42. The van der Waals surface area contributed by atoms with Gasteiger partial charge >= 0.3 is 5.97 Å². The number of nitrogens with zero attached hydrogens (tertiary/aromatic N) is 1. The van der Waals surface area contributed by atoms with Crippen molar-refractivity contribution in [2.24, 2.45) is 0 Å². The largest absolute Gasteiger partial charge is 0.480 e. The molecular weight excluding hydrogens is 417 g/mol. The maximum atomic E-state index is 12.9. The number of carboxylic acids is 1. The maximum Gasteiger partial charge on any atom is 0.327 e. The van der Waals surface area contributed by atoms with Crippen LogP contribution in [0.15, 0.2) is 59.5 Å². The number of anilines is 1. The van der Waals surface area contributed by atoms with E-state index >= 15 is 0 Å². The molecule has 0 heterocycles. The third-order valence-electron chi connectivity index (χ3n) is 3.10. The first-order chi connectivity index (χ1) is 10.4. The summed E-state index contributed by atoms with van der Waals surface area (Å²) in [5.74, 6) is -1.21. The van der Waals surface area contributed by atoms with E-state index in [-0.39, 0.29) is 4.90 Å². The summed E-state index contributed by atoms with van der Waals surface area (Å²) < 4.78 is 27.4. The van der Waals surface area contributed by atoms with Gasteiger partial charge in [-0.25, -0.2) is 13.2 Å². The van der Waals surface area contributed by atoms with Crippen molar-refractivity contribution in [2.75, 3.05) is 4.31 Å². The minimum absolute atomic E-state index is 0.0581. The van der Waals surface area contributed by atoms with Crippen molar-refractivity contribution < 1.29 is 18.3 Å². The van der Waals surface area contributed by atoms with Crippen molar-refractivity contribution in [2.45, 2.75) is 17.9 Å². The Labute approximate surface area is 142 Å². The monoisotopic (exact) mass is 431 g/mol. The Morgan fingerprint density at radius 2 is 1.64 bits per heavy atom. The van der Waals surface area contributed by atoms with E-state index < -0.39 is 22.0 Å².